The summed E-state index contributed by atoms with van der Waals surface area (Å²) >= 11 is 0. The van der Waals surface area contributed by atoms with Crippen molar-refractivity contribution < 1.29 is 23.9 Å². The van der Waals surface area contributed by atoms with Crippen molar-refractivity contribution >= 4 is 39.9 Å². The monoisotopic (exact) mass is 616 g/mol. The molecular formula is C38H36N2O6. The third kappa shape index (κ3) is 6.76. The smallest absolute Gasteiger partial charge is 0.343 e. The number of hydrazine groups is 1. The van der Waals surface area contributed by atoms with Gasteiger partial charge in [-0.2, -0.15) is 0 Å². The van der Waals surface area contributed by atoms with E-state index in [0.717, 1.165) is 18.4 Å². The fourth-order valence-electron chi connectivity index (χ4n) is 5.69. The van der Waals surface area contributed by atoms with E-state index in [0.29, 0.717) is 28.8 Å². The predicted molar refractivity (Wildman–Crippen MR) is 179 cm³/mol. The molecule has 0 aliphatic carbocycles. The lowest BCUT2D eigenvalue weighted by Crippen LogP contribution is -2.41. The van der Waals surface area contributed by atoms with Crippen molar-refractivity contribution in [3.05, 3.63) is 137 Å². The van der Waals surface area contributed by atoms with Gasteiger partial charge in [-0.3, -0.25) is 14.4 Å². The van der Waals surface area contributed by atoms with Crippen molar-refractivity contribution in [3.63, 3.8) is 0 Å². The number of para-hydroxylation sites is 3. The number of hydrogen-bond acceptors (Lipinski definition) is 6. The van der Waals surface area contributed by atoms with Gasteiger partial charge in [0.15, 0.2) is 0 Å². The normalized spacial score (nSPS) is 13.9. The summed E-state index contributed by atoms with van der Waals surface area (Å²) in [6, 6.07) is 34.7. The first-order chi connectivity index (χ1) is 22.3. The molecule has 6 rings (SSSR count). The van der Waals surface area contributed by atoms with E-state index in [9.17, 15) is 24.3 Å². The van der Waals surface area contributed by atoms with Crippen LogP contribution in [-0.4, -0.2) is 22.7 Å². The number of ketones is 1. The second-order valence-corrected chi connectivity index (χ2v) is 11.2. The number of unbranched alkanes of at least 4 members (excludes halogenated alkanes) is 1. The Kier molecular flexibility index (Phi) is 10.1. The maximum atomic E-state index is 12.9. The van der Waals surface area contributed by atoms with E-state index >= 15 is 0 Å². The van der Waals surface area contributed by atoms with Crippen molar-refractivity contribution in [1.82, 2.24) is 0 Å². The molecular weight excluding hydrogens is 580 g/mol. The van der Waals surface area contributed by atoms with E-state index in [2.05, 4.69) is 6.92 Å². The Morgan fingerprint density at radius 2 is 1.26 bits per heavy atom. The molecule has 1 unspecified atom stereocenters. The van der Waals surface area contributed by atoms with Crippen LogP contribution in [0.3, 0.4) is 0 Å². The molecule has 2 heterocycles. The van der Waals surface area contributed by atoms with Crippen molar-refractivity contribution in [2.75, 3.05) is 10.0 Å². The molecule has 0 bridgehead atoms. The number of amides is 2. The molecule has 1 aromatic heterocycles. The highest BCUT2D eigenvalue weighted by Gasteiger charge is 2.46. The minimum Gasteiger partial charge on any atom is -0.507 e. The zero-order valence-corrected chi connectivity index (χ0v) is 25.8. The zero-order chi connectivity index (χ0) is 32.6. The predicted octanol–water partition coefficient (Wildman–Crippen LogP) is 7.40. The number of benzene rings is 4. The Labute approximate surface area is 267 Å². The fraction of sp³-hybridized carbons (Fsp3) is 0.211. The third-order valence-electron chi connectivity index (χ3n) is 7.92. The number of aromatic hydroxyl groups is 1. The molecule has 8 nitrogen and oxygen atoms in total. The molecule has 0 radical (unpaired) electrons. The average molecular weight is 617 g/mol. The SMILES string of the molecule is CC(=O)CC(c1ccccc1)c1c(O)c2ccccc2oc1=O.CCCCC1C(=O)N(c2ccccc2)N(c2ccccc2)C1=O. The Bertz CT molecular complexity index is 1810. The Morgan fingerprint density at radius 3 is 1.78 bits per heavy atom. The highest BCUT2D eigenvalue weighted by Crippen LogP contribution is 2.36. The maximum Gasteiger partial charge on any atom is 0.343 e. The van der Waals surface area contributed by atoms with Gasteiger partial charge in [-0.05, 0) is 55.3 Å². The molecule has 46 heavy (non-hydrogen) atoms. The van der Waals surface area contributed by atoms with E-state index < -0.39 is 17.5 Å². The van der Waals surface area contributed by atoms with Crippen LogP contribution in [0.5, 0.6) is 5.75 Å². The Hall–Kier alpha value is -5.50. The van der Waals surface area contributed by atoms with E-state index in [1.807, 2.05) is 91.0 Å². The molecule has 1 aliphatic rings. The summed E-state index contributed by atoms with van der Waals surface area (Å²) in [5.74, 6) is -1.58. The van der Waals surface area contributed by atoms with Crippen LogP contribution in [-0.2, 0) is 14.4 Å². The van der Waals surface area contributed by atoms with Gasteiger partial charge >= 0.3 is 5.63 Å². The quantitative estimate of drug-likeness (QED) is 0.137. The second kappa shape index (κ2) is 14.5. The number of nitrogens with zero attached hydrogens (tertiary/aromatic N) is 2. The summed E-state index contributed by atoms with van der Waals surface area (Å²) in [5, 5.41) is 14.1. The fourth-order valence-corrected chi connectivity index (χ4v) is 5.69. The lowest BCUT2D eigenvalue weighted by atomic mass is 9.87. The molecule has 0 saturated carbocycles. The third-order valence-corrected chi connectivity index (χ3v) is 7.92. The van der Waals surface area contributed by atoms with Crippen LogP contribution in [0.25, 0.3) is 11.0 Å². The molecule has 4 aromatic carbocycles. The Morgan fingerprint density at radius 1 is 0.761 bits per heavy atom. The average Bonchev–Trinajstić information content (AvgIpc) is 3.33. The number of Topliss-reactive ketones (excluding diaryl/α,β-unsaturated/α-hetero) is 1. The van der Waals surface area contributed by atoms with E-state index in [-0.39, 0.29) is 35.3 Å². The molecule has 8 heteroatoms. The van der Waals surface area contributed by atoms with Crippen molar-refractivity contribution in [3.8, 4) is 5.75 Å². The topological polar surface area (TPSA) is 108 Å². The number of anilines is 2. The highest BCUT2D eigenvalue weighted by atomic mass is 16.4. The van der Waals surface area contributed by atoms with Gasteiger partial charge in [0.1, 0.15) is 23.0 Å². The van der Waals surface area contributed by atoms with Gasteiger partial charge in [0.2, 0.25) is 0 Å². The van der Waals surface area contributed by atoms with Crippen LogP contribution in [0.2, 0.25) is 0 Å². The van der Waals surface area contributed by atoms with Crippen LogP contribution in [0.4, 0.5) is 11.4 Å². The van der Waals surface area contributed by atoms with Crippen molar-refractivity contribution in [2.24, 2.45) is 5.92 Å². The summed E-state index contributed by atoms with van der Waals surface area (Å²) in [4.78, 5) is 49.8. The number of rotatable bonds is 9. The molecule has 0 spiro atoms. The van der Waals surface area contributed by atoms with Crippen molar-refractivity contribution in [2.45, 2.75) is 45.4 Å². The van der Waals surface area contributed by atoms with Crippen LogP contribution in [0, 0.1) is 5.92 Å². The van der Waals surface area contributed by atoms with Gasteiger partial charge in [0.25, 0.3) is 11.8 Å². The maximum absolute atomic E-state index is 12.9. The molecule has 234 valence electrons. The summed E-state index contributed by atoms with van der Waals surface area (Å²) in [5.41, 5.74) is 2.07. The minimum absolute atomic E-state index is 0.0641. The first kappa shape index (κ1) is 31.9. The largest absolute Gasteiger partial charge is 0.507 e. The molecule has 1 atom stereocenters. The zero-order valence-electron chi connectivity index (χ0n) is 25.8. The van der Waals surface area contributed by atoms with Gasteiger partial charge in [-0.25, -0.2) is 14.8 Å². The van der Waals surface area contributed by atoms with Crippen LogP contribution in [0.15, 0.2) is 124 Å². The Balaban J connectivity index is 0.000000181. The summed E-state index contributed by atoms with van der Waals surface area (Å²) in [6.07, 6.45) is 2.56. The van der Waals surface area contributed by atoms with Crippen molar-refractivity contribution in [1.29, 1.82) is 0 Å². The van der Waals surface area contributed by atoms with Gasteiger partial charge in [0.05, 0.1) is 22.3 Å². The van der Waals surface area contributed by atoms with E-state index in [1.165, 1.54) is 16.9 Å². The molecule has 1 saturated heterocycles. The number of carbonyl (C=O) groups excluding carboxylic acids is 3. The standard InChI is InChI=1S/C19H20N2O2.C19H16O4/c1-2-3-14-17-18(22)20(15-10-6-4-7-11-15)21(19(17)23)16-12-8-5-9-13-16;1-12(20)11-15(13-7-3-2-4-8-13)17-18(21)14-9-5-6-10-16(14)23-19(17)22/h4-13,17H,2-3,14H2,1H3;2-10,15,21H,11H2,1H3. The highest BCUT2D eigenvalue weighted by molar-refractivity contribution is 6.23. The summed E-state index contributed by atoms with van der Waals surface area (Å²) in [6.45, 7) is 3.53. The molecule has 2 amide bonds. The van der Waals surface area contributed by atoms with E-state index in [4.69, 9.17) is 4.42 Å². The van der Waals surface area contributed by atoms with Gasteiger partial charge in [-0.1, -0.05) is 98.6 Å². The number of hydrogen-bond donors (Lipinski definition) is 1. The van der Waals surface area contributed by atoms with E-state index in [1.54, 1.807) is 24.3 Å². The second-order valence-electron chi connectivity index (χ2n) is 11.2. The lowest BCUT2D eigenvalue weighted by Gasteiger charge is -2.27. The number of fused-ring (bicyclic) bond motifs is 1. The lowest BCUT2D eigenvalue weighted by molar-refractivity contribution is -0.127. The van der Waals surface area contributed by atoms with Crippen LogP contribution >= 0.6 is 0 Å². The van der Waals surface area contributed by atoms with Gasteiger partial charge < -0.3 is 9.52 Å². The minimum atomic E-state index is -0.615. The molecule has 5 aromatic rings. The van der Waals surface area contributed by atoms with Gasteiger partial charge in [-0.15, -0.1) is 0 Å². The first-order valence-electron chi connectivity index (χ1n) is 15.4. The molecule has 1 N–H and O–H groups in total. The van der Waals surface area contributed by atoms with Crippen LogP contribution < -0.4 is 15.6 Å². The number of carbonyl (C=O) groups is 3. The van der Waals surface area contributed by atoms with Crippen LogP contribution in [0.1, 0.15) is 56.6 Å². The first-order valence-corrected chi connectivity index (χ1v) is 15.4. The van der Waals surface area contributed by atoms with Gasteiger partial charge in [0, 0.05) is 12.3 Å². The molecule has 1 fully saturated rings. The summed E-state index contributed by atoms with van der Waals surface area (Å²) < 4.78 is 5.33. The molecule has 1 aliphatic heterocycles. The summed E-state index contributed by atoms with van der Waals surface area (Å²) in [7, 11) is 0.